The van der Waals surface area contributed by atoms with Gasteiger partial charge in [-0.05, 0) is 12.8 Å². The van der Waals surface area contributed by atoms with Gasteiger partial charge in [0.25, 0.3) is 0 Å². The number of ether oxygens (including phenoxy) is 3. The maximum absolute atomic E-state index is 11.5. The minimum atomic E-state index is -0.132. The summed E-state index contributed by atoms with van der Waals surface area (Å²) in [5, 5.41) is 0. The molecule has 0 aromatic heterocycles. The fourth-order valence-corrected chi connectivity index (χ4v) is 2.32. The third-order valence-corrected chi connectivity index (χ3v) is 3.65. The van der Waals surface area contributed by atoms with Crippen LogP contribution >= 0.6 is 0 Å². The Morgan fingerprint density at radius 3 is 2.44 bits per heavy atom. The second-order valence-corrected chi connectivity index (χ2v) is 5.19. The lowest BCUT2D eigenvalue weighted by Crippen LogP contribution is -2.11. The van der Waals surface area contributed by atoms with Crippen LogP contribution in [0.5, 0.6) is 0 Å². The molecule has 2 saturated heterocycles. The highest BCUT2D eigenvalue weighted by Gasteiger charge is 2.40. The summed E-state index contributed by atoms with van der Waals surface area (Å²) >= 11 is 0. The molecular weight excluding hydrogens is 232 g/mol. The van der Waals surface area contributed by atoms with Gasteiger partial charge in [0, 0.05) is 6.42 Å². The van der Waals surface area contributed by atoms with E-state index in [4.69, 9.17) is 14.2 Å². The molecule has 0 saturated carbocycles. The molecule has 2 aliphatic heterocycles. The molecule has 2 aliphatic rings. The maximum atomic E-state index is 11.5. The van der Waals surface area contributed by atoms with Crippen molar-refractivity contribution in [2.45, 2.75) is 76.8 Å². The first-order valence-electron chi connectivity index (χ1n) is 7.21. The van der Waals surface area contributed by atoms with Crippen LogP contribution < -0.4 is 0 Å². The first-order valence-corrected chi connectivity index (χ1v) is 7.21. The average Bonchev–Trinajstić information content (AvgIpc) is 3.24. The number of rotatable bonds is 9. The fourth-order valence-electron chi connectivity index (χ4n) is 2.32. The fraction of sp³-hybridized carbons (Fsp3) is 0.929. The van der Waals surface area contributed by atoms with Gasteiger partial charge in [-0.25, -0.2) is 0 Å². The van der Waals surface area contributed by atoms with Crippen LogP contribution in [0.25, 0.3) is 0 Å². The highest BCUT2D eigenvalue weighted by molar-refractivity contribution is 5.70. The van der Waals surface area contributed by atoms with Crippen LogP contribution in [0.2, 0.25) is 0 Å². The molecule has 0 amide bonds. The third kappa shape index (κ3) is 4.25. The van der Waals surface area contributed by atoms with Crippen molar-refractivity contribution in [3.05, 3.63) is 0 Å². The van der Waals surface area contributed by atoms with Gasteiger partial charge < -0.3 is 14.2 Å². The van der Waals surface area contributed by atoms with E-state index in [0.717, 1.165) is 19.3 Å². The molecule has 4 nitrogen and oxygen atoms in total. The highest BCUT2D eigenvalue weighted by Crippen LogP contribution is 2.30. The SMILES string of the molecule is CCCCC1OC1CC(=O)OCCC1OC1CC. The Hall–Kier alpha value is -0.610. The summed E-state index contributed by atoms with van der Waals surface area (Å²) in [7, 11) is 0. The van der Waals surface area contributed by atoms with Crippen molar-refractivity contribution < 1.29 is 19.0 Å². The largest absolute Gasteiger partial charge is 0.465 e. The van der Waals surface area contributed by atoms with Crippen LogP contribution in [0.4, 0.5) is 0 Å². The number of hydrogen-bond acceptors (Lipinski definition) is 4. The van der Waals surface area contributed by atoms with Crippen molar-refractivity contribution in [1.82, 2.24) is 0 Å². The van der Waals surface area contributed by atoms with E-state index in [1.54, 1.807) is 0 Å². The summed E-state index contributed by atoms with van der Waals surface area (Å²) in [4.78, 5) is 11.5. The monoisotopic (exact) mass is 256 g/mol. The quantitative estimate of drug-likeness (QED) is 0.469. The molecule has 4 unspecified atom stereocenters. The van der Waals surface area contributed by atoms with E-state index in [1.165, 1.54) is 12.8 Å². The van der Waals surface area contributed by atoms with E-state index >= 15 is 0 Å². The van der Waals surface area contributed by atoms with E-state index < -0.39 is 0 Å². The smallest absolute Gasteiger partial charge is 0.308 e. The van der Waals surface area contributed by atoms with E-state index in [9.17, 15) is 4.79 Å². The molecule has 0 N–H and O–H groups in total. The molecule has 2 fully saturated rings. The molecule has 4 heteroatoms. The Kier molecular flexibility index (Phi) is 5.01. The molecule has 0 aromatic rings. The summed E-state index contributed by atoms with van der Waals surface area (Å²) in [6.07, 6.45) is 6.84. The van der Waals surface area contributed by atoms with E-state index in [-0.39, 0.29) is 12.1 Å². The molecule has 18 heavy (non-hydrogen) atoms. The minimum absolute atomic E-state index is 0.115. The van der Waals surface area contributed by atoms with Crippen molar-refractivity contribution >= 4 is 5.97 Å². The maximum Gasteiger partial charge on any atom is 0.308 e. The molecule has 0 aliphatic carbocycles. The minimum Gasteiger partial charge on any atom is -0.465 e. The number of epoxide rings is 2. The standard InChI is InChI=1S/C14H24O4/c1-3-5-6-11-13(18-11)9-14(15)16-8-7-12-10(4-2)17-12/h10-13H,3-9H2,1-2H3. The molecular formula is C14H24O4. The van der Waals surface area contributed by atoms with Crippen molar-refractivity contribution in [1.29, 1.82) is 0 Å². The van der Waals surface area contributed by atoms with Gasteiger partial charge in [-0.3, -0.25) is 4.79 Å². The second-order valence-electron chi connectivity index (χ2n) is 5.19. The van der Waals surface area contributed by atoms with Gasteiger partial charge >= 0.3 is 5.97 Å². The summed E-state index contributed by atoms with van der Waals surface area (Å²) in [5.41, 5.74) is 0. The van der Waals surface area contributed by atoms with Crippen LogP contribution in [0.1, 0.15) is 52.4 Å². The molecule has 0 bridgehead atoms. The molecule has 0 spiro atoms. The zero-order valence-corrected chi connectivity index (χ0v) is 11.4. The summed E-state index contributed by atoms with van der Waals surface area (Å²) in [6, 6.07) is 0. The van der Waals surface area contributed by atoms with Crippen molar-refractivity contribution in [3.8, 4) is 0 Å². The predicted octanol–water partition coefficient (Wildman–Crippen LogP) is 2.44. The third-order valence-electron chi connectivity index (χ3n) is 3.65. The van der Waals surface area contributed by atoms with E-state index in [1.807, 2.05) is 0 Å². The first kappa shape index (κ1) is 13.8. The van der Waals surface area contributed by atoms with Crippen LogP contribution in [0.15, 0.2) is 0 Å². The van der Waals surface area contributed by atoms with Crippen LogP contribution in [-0.4, -0.2) is 37.0 Å². The molecule has 0 aromatic carbocycles. The summed E-state index contributed by atoms with van der Waals surface area (Å²) in [6.45, 7) is 4.75. The zero-order chi connectivity index (χ0) is 13.0. The van der Waals surface area contributed by atoms with Crippen molar-refractivity contribution in [2.24, 2.45) is 0 Å². The van der Waals surface area contributed by atoms with Crippen LogP contribution in [0, 0.1) is 0 Å². The van der Waals surface area contributed by atoms with Gasteiger partial charge in [0.2, 0.25) is 0 Å². The summed E-state index contributed by atoms with van der Waals surface area (Å²) in [5.74, 6) is -0.132. The number of hydrogen-bond donors (Lipinski definition) is 0. The normalized spacial score (nSPS) is 33.2. The lowest BCUT2D eigenvalue weighted by Gasteiger charge is -2.01. The Morgan fingerprint density at radius 1 is 1.06 bits per heavy atom. The first-order chi connectivity index (χ1) is 8.74. The van der Waals surface area contributed by atoms with Gasteiger partial charge in [0.15, 0.2) is 0 Å². The van der Waals surface area contributed by atoms with Gasteiger partial charge in [-0.2, -0.15) is 0 Å². The van der Waals surface area contributed by atoms with Crippen LogP contribution in [-0.2, 0) is 19.0 Å². The molecule has 2 heterocycles. The van der Waals surface area contributed by atoms with Crippen molar-refractivity contribution in [2.75, 3.05) is 6.61 Å². The zero-order valence-electron chi connectivity index (χ0n) is 11.4. The Balaban J connectivity index is 1.46. The lowest BCUT2D eigenvalue weighted by molar-refractivity contribution is -0.144. The Morgan fingerprint density at radius 2 is 1.78 bits per heavy atom. The predicted molar refractivity (Wildman–Crippen MR) is 67.3 cm³/mol. The topological polar surface area (TPSA) is 51.4 Å². The van der Waals surface area contributed by atoms with Gasteiger partial charge in [-0.15, -0.1) is 0 Å². The van der Waals surface area contributed by atoms with Crippen LogP contribution in [0.3, 0.4) is 0 Å². The molecule has 4 atom stereocenters. The number of esters is 1. The number of unbranched alkanes of at least 4 members (excludes halogenated alkanes) is 1. The van der Waals surface area contributed by atoms with E-state index in [2.05, 4.69) is 13.8 Å². The van der Waals surface area contributed by atoms with Gasteiger partial charge in [0.05, 0.1) is 37.4 Å². The highest BCUT2D eigenvalue weighted by atomic mass is 16.6. The molecule has 0 radical (unpaired) electrons. The second kappa shape index (κ2) is 6.53. The number of carbonyl (C=O) groups is 1. The molecule has 2 rings (SSSR count). The van der Waals surface area contributed by atoms with Crippen molar-refractivity contribution in [3.63, 3.8) is 0 Å². The molecule has 104 valence electrons. The van der Waals surface area contributed by atoms with Gasteiger partial charge in [0.1, 0.15) is 0 Å². The summed E-state index contributed by atoms with van der Waals surface area (Å²) < 4.78 is 16.0. The Labute approximate surface area is 109 Å². The van der Waals surface area contributed by atoms with Gasteiger partial charge in [-0.1, -0.05) is 26.7 Å². The number of carbonyl (C=O) groups excluding carboxylic acids is 1. The lowest BCUT2D eigenvalue weighted by atomic mass is 10.1. The van der Waals surface area contributed by atoms with E-state index in [0.29, 0.717) is 31.3 Å². The average molecular weight is 256 g/mol. The Bertz CT molecular complexity index is 279.